The second-order valence-corrected chi connectivity index (χ2v) is 6.37. The Balaban J connectivity index is 2.02. The van der Waals surface area contributed by atoms with Crippen LogP contribution in [0.3, 0.4) is 0 Å². The molecule has 0 aliphatic rings. The molecule has 0 amide bonds. The smallest absolute Gasteiger partial charge is 0.205 e. The molecule has 0 saturated carbocycles. The first-order valence-corrected chi connectivity index (χ1v) is 8.43. The van der Waals surface area contributed by atoms with Crippen molar-refractivity contribution in [1.82, 2.24) is 4.68 Å². The lowest BCUT2D eigenvalue weighted by atomic mass is 10.2. The van der Waals surface area contributed by atoms with Crippen molar-refractivity contribution in [2.24, 2.45) is 10.1 Å². The van der Waals surface area contributed by atoms with Gasteiger partial charge in [-0.1, -0.05) is 53.6 Å². The van der Waals surface area contributed by atoms with Crippen LogP contribution in [-0.4, -0.2) is 17.9 Å². The molecule has 0 fully saturated rings. The summed E-state index contributed by atoms with van der Waals surface area (Å²) in [6.45, 7) is 2.07. The summed E-state index contributed by atoms with van der Waals surface area (Å²) in [6, 6.07) is 16.0. The van der Waals surface area contributed by atoms with Crippen LogP contribution in [0.25, 0.3) is 11.3 Å². The third kappa shape index (κ3) is 3.60. The standard InChI is InChI=1S/C18H16ClN3S/c1-13-3-5-14(6-4-13)11-21-22-17(12-23-18(22)20-2)15-7-9-16(19)10-8-15/h3-12H,1-2H3. The third-order valence-electron chi connectivity index (χ3n) is 3.42. The molecule has 3 aromatic rings. The summed E-state index contributed by atoms with van der Waals surface area (Å²) >= 11 is 7.54. The quantitative estimate of drug-likeness (QED) is 0.624. The lowest BCUT2D eigenvalue weighted by molar-refractivity contribution is 0.848. The highest BCUT2D eigenvalue weighted by Gasteiger charge is 2.06. The van der Waals surface area contributed by atoms with Crippen LogP contribution in [0.5, 0.6) is 0 Å². The van der Waals surface area contributed by atoms with Crippen LogP contribution >= 0.6 is 22.9 Å². The zero-order valence-electron chi connectivity index (χ0n) is 12.9. The van der Waals surface area contributed by atoms with Crippen LogP contribution in [0.2, 0.25) is 5.02 Å². The molecule has 23 heavy (non-hydrogen) atoms. The summed E-state index contributed by atoms with van der Waals surface area (Å²) < 4.78 is 1.85. The second-order valence-electron chi connectivity index (χ2n) is 5.10. The summed E-state index contributed by atoms with van der Waals surface area (Å²) in [5, 5.41) is 7.39. The van der Waals surface area contributed by atoms with Crippen LogP contribution < -0.4 is 4.80 Å². The van der Waals surface area contributed by atoms with Gasteiger partial charge in [0.25, 0.3) is 0 Å². The first kappa shape index (κ1) is 15.7. The van der Waals surface area contributed by atoms with E-state index in [1.54, 1.807) is 18.4 Å². The topological polar surface area (TPSA) is 29.6 Å². The molecule has 0 bridgehead atoms. The SMILES string of the molecule is CN=c1scc(-c2ccc(Cl)cc2)n1N=Cc1ccc(C)cc1. The molecule has 0 radical (unpaired) electrons. The fourth-order valence-corrected chi connectivity index (χ4v) is 3.09. The Bertz CT molecular complexity index is 887. The predicted molar refractivity (Wildman–Crippen MR) is 98.4 cm³/mol. The van der Waals surface area contributed by atoms with E-state index in [0.717, 1.165) is 26.6 Å². The van der Waals surface area contributed by atoms with Gasteiger partial charge in [-0.25, -0.2) is 4.68 Å². The molecule has 1 heterocycles. The lowest BCUT2D eigenvalue weighted by Gasteiger charge is -2.03. The summed E-state index contributed by atoms with van der Waals surface area (Å²) in [4.78, 5) is 5.15. The Morgan fingerprint density at radius 2 is 1.74 bits per heavy atom. The van der Waals surface area contributed by atoms with Crippen molar-refractivity contribution < 1.29 is 0 Å². The van der Waals surface area contributed by atoms with E-state index in [-0.39, 0.29) is 0 Å². The Hall–Kier alpha value is -2.17. The van der Waals surface area contributed by atoms with Crippen molar-refractivity contribution in [3.05, 3.63) is 74.9 Å². The van der Waals surface area contributed by atoms with E-state index in [2.05, 4.69) is 46.7 Å². The van der Waals surface area contributed by atoms with Gasteiger partial charge < -0.3 is 0 Å². The molecule has 0 aliphatic carbocycles. The minimum Gasteiger partial charge on any atom is -0.261 e. The second kappa shape index (κ2) is 6.94. The van der Waals surface area contributed by atoms with Gasteiger partial charge in [0, 0.05) is 23.0 Å². The van der Waals surface area contributed by atoms with Crippen molar-refractivity contribution >= 4 is 29.2 Å². The van der Waals surface area contributed by atoms with Crippen molar-refractivity contribution in [2.45, 2.75) is 6.92 Å². The monoisotopic (exact) mass is 341 g/mol. The first-order valence-electron chi connectivity index (χ1n) is 7.18. The number of halogens is 1. The largest absolute Gasteiger partial charge is 0.261 e. The highest BCUT2D eigenvalue weighted by atomic mass is 35.5. The van der Waals surface area contributed by atoms with E-state index in [0.29, 0.717) is 0 Å². The number of hydrogen-bond acceptors (Lipinski definition) is 3. The predicted octanol–water partition coefficient (Wildman–Crippen LogP) is 4.59. The van der Waals surface area contributed by atoms with Gasteiger partial charge in [0.1, 0.15) is 0 Å². The lowest BCUT2D eigenvalue weighted by Crippen LogP contribution is -2.11. The molecular formula is C18H16ClN3S. The molecule has 2 aromatic carbocycles. The van der Waals surface area contributed by atoms with Crippen LogP contribution in [0.1, 0.15) is 11.1 Å². The van der Waals surface area contributed by atoms with Crippen molar-refractivity contribution in [3.63, 3.8) is 0 Å². The molecule has 5 heteroatoms. The third-order valence-corrected chi connectivity index (χ3v) is 4.58. The van der Waals surface area contributed by atoms with Gasteiger partial charge in [0.05, 0.1) is 11.9 Å². The molecular weight excluding hydrogens is 326 g/mol. The highest BCUT2D eigenvalue weighted by molar-refractivity contribution is 7.07. The van der Waals surface area contributed by atoms with Gasteiger partial charge in [-0.05, 0) is 24.6 Å². The summed E-state index contributed by atoms with van der Waals surface area (Å²) in [5.74, 6) is 0. The van der Waals surface area contributed by atoms with Gasteiger partial charge in [-0.15, -0.1) is 11.3 Å². The number of nitrogens with zero attached hydrogens (tertiary/aromatic N) is 3. The molecule has 0 atom stereocenters. The number of aromatic nitrogens is 1. The van der Waals surface area contributed by atoms with Crippen LogP contribution in [-0.2, 0) is 0 Å². The molecule has 1 aromatic heterocycles. The van der Waals surface area contributed by atoms with E-state index in [9.17, 15) is 0 Å². The molecule has 0 saturated heterocycles. The van der Waals surface area contributed by atoms with Gasteiger partial charge in [0.2, 0.25) is 4.80 Å². The number of benzene rings is 2. The molecule has 0 unspecified atom stereocenters. The van der Waals surface area contributed by atoms with E-state index in [1.165, 1.54) is 5.56 Å². The van der Waals surface area contributed by atoms with Gasteiger partial charge in [0.15, 0.2) is 0 Å². The Labute approximate surface area is 144 Å². The van der Waals surface area contributed by atoms with Crippen molar-refractivity contribution in [3.8, 4) is 11.3 Å². The van der Waals surface area contributed by atoms with Crippen LogP contribution in [0.4, 0.5) is 0 Å². The van der Waals surface area contributed by atoms with Crippen molar-refractivity contribution in [1.29, 1.82) is 0 Å². The summed E-state index contributed by atoms with van der Waals surface area (Å²) in [5.41, 5.74) is 4.34. The average molecular weight is 342 g/mol. The average Bonchev–Trinajstić information content (AvgIpc) is 2.98. The highest BCUT2D eigenvalue weighted by Crippen LogP contribution is 2.22. The van der Waals surface area contributed by atoms with E-state index in [4.69, 9.17) is 11.6 Å². The number of aryl methyl sites for hydroxylation is 1. The maximum atomic E-state index is 5.97. The number of thiazole rings is 1. The normalized spacial score (nSPS) is 12.2. The van der Waals surface area contributed by atoms with Crippen LogP contribution in [0.15, 0.2) is 64.0 Å². The zero-order chi connectivity index (χ0) is 16.2. The van der Waals surface area contributed by atoms with E-state index < -0.39 is 0 Å². The Morgan fingerprint density at radius 3 is 2.39 bits per heavy atom. The zero-order valence-corrected chi connectivity index (χ0v) is 14.5. The first-order chi connectivity index (χ1) is 11.2. The van der Waals surface area contributed by atoms with Gasteiger partial charge in [-0.2, -0.15) is 5.10 Å². The van der Waals surface area contributed by atoms with Crippen molar-refractivity contribution in [2.75, 3.05) is 7.05 Å². The molecule has 3 rings (SSSR count). The minimum atomic E-state index is 0.721. The van der Waals surface area contributed by atoms with E-state index >= 15 is 0 Å². The summed E-state index contributed by atoms with van der Waals surface area (Å²) in [7, 11) is 1.77. The Kier molecular flexibility index (Phi) is 4.74. The Morgan fingerprint density at radius 1 is 1.04 bits per heavy atom. The fraction of sp³-hybridized carbons (Fsp3) is 0.111. The van der Waals surface area contributed by atoms with Gasteiger partial charge >= 0.3 is 0 Å². The summed E-state index contributed by atoms with van der Waals surface area (Å²) in [6.07, 6.45) is 1.85. The maximum absolute atomic E-state index is 5.97. The molecule has 116 valence electrons. The molecule has 0 aliphatic heterocycles. The fourth-order valence-electron chi connectivity index (χ4n) is 2.16. The number of rotatable bonds is 3. The number of hydrogen-bond donors (Lipinski definition) is 0. The molecule has 0 spiro atoms. The minimum absolute atomic E-state index is 0.721. The van der Waals surface area contributed by atoms with E-state index in [1.807, 2.05) is 35.2 Å². The maximum Gasteiger partial charge on any atom is 0.205 e. The van der Waals surface area contributed by atoms with Crippen LogP contribution in [0, 0.1) is 6.92 Å². The molecule has 0 N–H and O–H groups in total. The molecule has 3 nitrogen and oxygen atoms in total. The van der Waals surface area contributed by atoms with Gasteiger partial charge in [-0.3, -0.25) is 4.99 Å².